The smallest absolute Gasteiger partial charge is 0.137 e. The molecule has 104 valence electrons. The second-order valence-electron chi connectivity index (χ2n) is 5.24. The molecule has 20 heavy (non-hydrogen) atoms. The minimum atomic E-state index is 0.347. The quantitative estimate of drug-likeness (QED) is 0.480. The lowest BCUT2D eigenvalue weighted by Crippen LogP contribution is -2.03. The minimum Gasteiger partial charge on any atom is -0.299 e. The first-order chi connectivity index (χ1) is 9.81. The highest BCUT2D eigenvalue weighted by atomic mass is 16.1. The molecule has 0 spiro atoms. The third kappa shape index (κ3) is 4.06. The summed E-state index contributed by atoms with van der Waals surface area (Å²) in [6, 6.07) is 14.5. The largest absolute Gasteiger partial charge is 0.299 e. The van der Waals surface area contributed by atoms with Crippen LogP contribution in [0.5, 0.6) is 0 Å². The van der Waals surface area contributed by atoms with Gasteiger partial charge in [0.05, 0.1) is 0 Å². The molecule has 0 N–H and O–H groups in total. The van der Waals surface area contributed by atoms with Gasteiger partial charge in [0.15, 0.2) is 0 Å². The Morgan fingerprint density at radius 1 is 1.00 bits per heavy atom. The summed E-state index contributed by atoms with van der Waals surface area (Å²) < 4.78 is 0. The topological polar surface area (TPSA) is 17.1 Å². The summed E-state index contributed by atoms with van der Waals surface area (Å²) in [5.41, 5.74) is 1.15. The normalized spacial score (nSPS) is 10.6. The molecular formula is C19H22O. The van der Waals surface area contributed by atoms with Crippen molar-refractivity contribution in [2.45, 2.75) is 38.5 Å². The van der Waals surface area contributed by atoms with Crippen LogP contribution in [-0.4, -0.2) is 5.78 Å². The first-order valence-corrected chi connectivity index (χ1v) is 7.40. The molecule has 1 nitrogen and oxygen atoms in total. The highest BCUT2D eigenvalue weighted by Crippen LogP contribution is 2.19. The van der Waals surface area contributed by atoms with Gasteiger partial charge < -0.3 is 0 Å². The van der Waals surface area contributed by atoms with Crippen LogP contribution in [0.1, 0.15) is 37.7 Å². The van der Waals surface area contributed by atoms with Gasteiger partial charge in [-0.25, -0.2) is 0 Å². The molecule has 0 radical (unpaired) electrons. The number of fused-ring (bicyclic) bond motifs is 1. The van der Waals surface area contributed by atoms with Crippen LogP contribution < -0.4 is 0 Å². The second-order valence-corrected chi connectivity index (χ2v) is 5.24. The molecule has 0 aliphatic carbocycles. The average molecular weight is 266 g/mol. The number of unbranched alkanes of at least 4 members (excludes halogenated alkanes) is 3. The van der Waals surface area contributed by atoms with Gasteiger partial charge in [-0.1, -0.05) is 55.0 Å². The van der Waals surface area contributed by atoms with Gasteiger partial charge in [-0.15, -0.1) is 6.58 Å². The number of hydrogen-bond donors (Lipinski definition) is 0. The van der Waals surface area contributed by atoms with Gasteiger partial charge in [0, 0.05) is 12.8 Å². The Balaban J connectivity index is 1.91. The third-order valence-corrected chi connectivity index (χ3v) is 3.63. The molecule has 1 heteroatoms. The van der Waals surface area contributed by atoms with Crippen molar-refractivity contribution in [3.63, 3.8) is 0 Å². The third-order valence-electron chi connectivity index (χ3n) is 3.63. The maximum atomic E-state index is 12.1. The molecule has 2 aromatic rings. The van der Waals surface area contributed by atoms with Gasteiger partial charge in [0.25, 0.3) is 0 Å². The van der Waals surface area contributed by atoms with Crippen molar-refractivity contribution >= 4 is 16.6 Å². The van der Waals surface area contributed by atoms with E-state index in [-0.39, 0.29) is 0 Å². The van der Waals surface area contributed by atoms with E-state index in [1.807, 2.05) is 24.3 Å². The summed E-state index contributed by atoms with van der Waals surface area (Å²) in [6.07, 6.45) is 7.51. The summed E-state index contributed by atoms with van der Waals surface area (Å²) in [5, 5.41) is 2.42. The van der Waals surface area contributed by atoms with E-state index in [4.69, 9.17) is 0 Å². The molecule has 0 aliphatic rings. The summed E-state index contributed by atoms with van der Waals surface area (Å²) in [7, 11) is 0. The van der Waals surface area contributed by atoms with Gasteiger partial charge in [-0.2, -0.15) is 0 Å². The number of hydrogen-bond acceptors (Lipinski definition) is 1. The summed E-state index contributed by atoms with van der Waals surface area (Å²) in [6.45, 7) is 3.71. The molecule has 2 aromatic carbocycles. The zero-order chi connectivity index (χ0) is 14.2. The number of carbonyl (C=O) groups excluding carboxylic acids is 1. The van der Waals surface area contributed by atoms with Crippen LogP contribution in [0.3, 0.4) is 0 Å². The van der Waals surface area contributed by atoms with Crippen molar-refractivity contribution in [2.75, 3.05) is 0 Å². The van der Waals surface area contributed by atoms with Crippen molar-refractivity contribution in [3.05, 3.63) is 60.7 Å². The first-order valence-electron chi connectivity index (χ1n) is 7.40. The van der Waals surface area contributed by atoms with Crippen molar-refractivity contribution in [1.29, 1.82) is 0 Å². The van der Waals surface area contributed by atoms with Crippen molar-refractivity contribution in [3.8, 4) is 0 Å². The fraction of sp³-hybridized carbons (Fsp3) is 0.316. The Labute approximate surface area is 121 Å². The molecule has 0 saturated heterocycles. The van der Waals surface area contributed by atoms with E-state index >= 15 is 0 Å². The lowest BCUT2D eigenvalue weighted by molar-refractivity contribution is -0.118. The van der Waals surface area contributed by atoms with Crippen LogP contribution in [0, 0.1) is 0 Å². The van der Waals surface area contributed by atoms with E-state index in [0.29, 0.717) is 18.6 Å². The Kier molecular flexibility index (Phi) is 5.55. The summed E-state index contributed by atoms with van der Waals surface area (Å²) >= 11 is 0. The van der Waals surface area contributed by atoms with Gasteiger partial charge in [0.1, 0.15) is 5.78 Å². The zero-order valence-electron chi connectivity index (χ0n) is 12.0. The molecule has 0 atom stereocenters. The Bertz CT molecular complexity index is 578. The molecule has 0 aliphatic heterocycles. The van der Waals surface area contributed by atoms with E-state index in [1.165, 1.54) is 10.8 Å². The number of ketones is 1. The fourth-order valence-corrected chi connectivity index (χ4v) is 2.54. The molecule has 0 aromatic heterocycles. The number of rotatable bonds is 8. The minimum absolute atomic E-state index is 0.347. The van der Waals surface area contributed by atoms with Gasteiger partial charge >= 0.3 is 0 Å². The molecule has 0 unspecified atom stereocenters. The zero-order valence-corrected chi connectivity index (χ0v) is 12.0. The van der Waals surface area contributed by atoms with Crippen LogP contribution >= 0.6 is 0 Å². The van der Waals surface area contributed by atoms with Crippen LogP contribution in [0.2, 0.25) is 0 Å². The fourth-order valence-electron chi connectivity index (χ4n) is 2.54. The maximum Gasteiger partial charge on any atom is 0.137 e. The predicted molar refractivity (Wildman–Crippen MR) is 85.9 cm³/mol. The summed E-state index contributed by atoms with van der Waals surface area (Å²) in [5.74, 6) is 0.347. The van der Waals surface area contributed by atoms with Crippen LogP contribution in [0.25, 0.3) is 10.8 Å². The molecule has 2 rings (SSSR count). The molecule has 0 heterocycles. The van der Waals surface area contributed by atoms with Gasteiger partial charge in [-0.3, -0.25) is 4.79 Å². The van der Waals surface area contributed by atoms with Crippen molar-refractivity contribution in [1.82, 2.24) is 0 Å². The van der Waals surface area contributed by atoms with E-state index < -0.39 is 0 Å². The summed E-state index contributed by atoms with van der Waals surface area (Å²) in [4.78, 5) is 12.1. The maximum absolute atomic E-state index is 12.1. The van der Waals surface area contributed by atoms with E-state index in [9.17, 15) is 4.79 Å². The Morgan fingerprint density at radius 2 is 1.80 bits per heavy atom. The molecule has 0 saturated carbocycles. The molecule has 0 bridgehead atoms. The second kappa shape index (κ2) is 7.64. The lowest BCUT2D eigenvalue weighted by Gasteiger charge is -2.06. The van der Waals surface area contributed by atoms with E-state index in [2.05, 4.69) is 30.8 Å². The standard InChI is InChI=1S/C19H22O/c1-2-3-4-5-6-13-18(20)15-17-12-9-11-16-10-7-8-14-19(16)17/h2,7-12,14H,1,3-6,13,15H2. The van der Waals surface area contributed by atoms with Crippen LogP contribution in [0.15, 0.2) is 55.1 Å². The van der Waals surface area contributed by atoms with Gasteiger partial charge in [-0.05, 0) is 35.6 Å². The molecular weight excluding hydrogens is 244 g/mol. The molecule has 0 fully saturated rings. The number of carbonyl (C=O) groups is 1. The SMILES string of the molecule is C=CCCCCCC(=O)Cc1cccc2ccccc12. The van der Waals surface area contributed by atoms with Crippen LogP contribution in [0.4, 0.5) is 0 Å². The highest BCUT2D eigenvalue weighted by Gasteiger charge is 2.06. The monoisotopic (exact) mass is 266 g/mol. The Hall–Kier alpha value is -1.89. The predicted octanol–water partition coefficient (Wildman–Crippen LogP) is 5.09. The number of Topliss-reactive ketones (excluding diaryl/α,β-unsaturated/α-hetero) is 1. The first kappa shape index (κ1) is 14.5. The molecule has 0 amide bonds. The van der Waals surface area contributed by atoms with Crippen molar-refractivity contribution in [2.24, 2.45) is 0 Å². The van der Waals surface area contributed by atoms with Crippen LogP contribution in [-0.2, 0) is 11.2 Å². The van der Waals surface area contributed by atoms with E-state index in [1.54, 1.807) is 0 Å². The average Bonchev–Trinajstić information content (AvgIpc) is 2.47. The number of allylic oxidation sites excluding steroid dienone is 1. The lowest BCUT2D eigenvalue weighted by atomic mass is 9.98. The Morgan fingerprint density at radius 3 is 2.65 bits per heavy atom. The van der Waals surface area contributed by atoms with Gasteiger partial charge in [0.2, 0.25) is 0 Å². The van der Waals surface area contributed by atoms with Crippen molar-refractivity contribution < 1.29 is 4.79 Å². The highest BCUT2D eigenvalue weighted by molar-refractivity contribution is 5.90. The van der Waals surface area contributed by atoms with E-state index in [0.717, 1.165) is 31.2 Å². The number of benzene rings is 2.